The molecule has 2 rings (SSSR count). The monoisotopic (exact) mass is 342 g/mol. The zero-order valence-electron chi connectivity index (χ0n) is 8.88. The molecule has 0 fully saturated rings. The van der Waals surface area contributed by atoms with Crippen LogP contribution in [0.15, 0.2) is 28.9 Å². The SMILES string of the molecule is NC(=S)c1ccc(NC(=O)c2cnns2)c(Br)c1. The fraction of sp³-hybridized carbons (Fsp3) is 0. The number of benzene rings is 1. The second kappa shape index (κ2) is 5.51. The first-order valence-corrected chi connectivity index (χ1v) is 6.73. The van der Waals surface area contributed by atoms with Crippen LogP contribution in [0.2, 0.25) is 0 Å². The number of hydrogen-bond donors (Lipinski definition) is 2. The standard InChI is InChI=1S/C10H7BrN4OS2/c11-6-3-5(9(12)17)1-2-7(6)14-10(16)8-4-13-15-18-8/h1-4H,(H2,12,17)(H,14,16). The summed E-state index contributed by atoms with van der Waals surface area (Å²) in [5, 5.41) is 6.35. The van der Waals surface area contributed by atoms with Crippen molar-refractivity contribution in [1.82, 2.24) is 9.59 Å². The van der Waals surface area contributed by atoms with Crippen molar-refractivity contribution in [2.45, 2.75) is 0 Å². The molecule has 8 heteroatoms. The number of nitrogens with zero attached hydrogens (tertiary/aromatic N) is 2. The lowest BCUT2D eigenvalue weighted by molar-refractivity contribution is 0.103. The number of hydrogen-bond acceptors (Lipinski definition) is 5. The van der Waals surface area contributed by atoms with Gasteiger partial charge in [0.15, 0.2) is 0 Å². The minimum atomic E-state index is -0.256. The Hall–Kier alpha value is -1.38. The van der Waals surface area contributed by atoms with E-state index in [1.807, 2.05) is 0 Å². The van der Waals surface area contributed by atoms with E-state index >= 15 is 0 Å². The van der Waals surface area contributed by atoms with E-state index in [-0.39, 0.29) is 5.91 Å². The molecule has 0 radical (unpaired) electrons. The molecule has 0 aliphatic heterocycles. The molecule has 0 saturated carbocycles. The summed E-state index contributed by atoms with van der Waals surface area (Å²) in [6, 6.07) is 5.22. The van der Waals surface area contributed by atoms with Crippen molar-refractivity contribution in [2.24, 2.45) is 5.73 Å². The largest absolute Gasteiger partial charge is 0.389 e. The number of carbonyl (C=O) groups excluding carboxylic acids is 1. The van der Waals surface area contributed by atoms with Crippen molar-refractivity contribution >= 4 is 56.3 Å². The van der Waals surface area contributed by atoms with E-state index < -0.39 is 0 Å². The van der Waals surface area contributed by atoms with Gasteiger partial charge in [0.1, 0.15) is 9.87 Å². The van der Waals surface area contributed by atoms with Gasteiger partial charge in [0.05, 0.1) is 11.9 Å². The Morgan fingerprint density at radius 1 is 1.50 bits per heavy atom. The van der Waals surface area contributed by atoms with E-state index in [0.29, 0.717) is 20.0 Å². The highest BCUT2D eigenvalue weighted by Crippen LogP contribution is 2.24. The van der Waals surface area contributed by atoms with E-state index in [1.165, 1.54) is 6.20 Å². The lowest BCUT2D eigenvalue weighted by Gasteiger charge is -2.07. The van der Waals surface area contributed by atoms with Crippen LogP contribution in [0.25, 0.3) is 0 Å². The third-order valence-electron chi connectivity index (χ3n) is 2.09. The van der Waals surface area contributed by atoms with Gasteiger partial charge in [-0.2, -0.15) is 0 Å². The molecule has 0 unspecified atom stereocenters. The zero-order chi connectivity index (χ0) is 13.1. The average molecular weight is 343 g/mol. The molecular weight excluding hydrogens is 336 g/mol. The summed E-state index contributed by atoms with van der Waals surface area (Å²) in [5.41, 5.74) is 6.88. The zero-order valence-corrected chi connectivity index (χ0v) is 12.1. The summed E-state index contributed by atoms with van der Waals surface area (Å²) in [6.07, 6.45) is 1.41. The molecule has 92 valence electrons. The molecule has 0 aliphatic rings. The molecule has 0 spiro atoms. The maximum absolute atomic E-state index is 11.8. The van der Waals surface area contributed by atoms with Crippen molar-refractivity contribution in [1.29, 1.82) is 0 Å². The Kier molecular flexibility index (Phi) is 4.00. The Bertz CT molecular complexity index is 600. The van der Waals surface area contributed by atoms with E-state index in [9.17, 15) is 4.79 Å². The number of nitrogens with two attached hydrogens (primary N) is 1. The summed E-state index contributed by atoms with van der Waals surface area (Å²) >= 11 is 9.26. The third kappa shape index (κ3) is 2.89. The predicted octanol–water partition coefficient (Wildman–Crippen LogP) is 2.19. The summed E-state index contributed by atoms with van der Waals surface area (Å²) in [5.74, 6) is -0.256. The average Bonchev–Trinajstić information content (AvgIpc) is 2.85. The molecule has 2 aromatic rings. The quantitative estimate of drug-likeness (QED) is 0.835. The van der Waals surface area contributed by atoms with Gasteiger partial charge in [-0.3, -0.25) is 4.79 Å². The number of rotatable bonds is 3. The minimum Gasteiger partial charge on any atom is -0.389 e. The van der Waals surface area contributed by atoms with Gasteiger partial charge in [-0.1, -0.05) is 16.7 Å². The maximum atomic E-state index is 11.8. The highest BCUT2D eigenvalue weighted by molar-refractivity contribution is 9.10. The lowest BCUT2D eigenvalue weighted by atomic mass is 10.2. The molecule has 0 saturated heterocycles. The van der Waals surface area contributed by atoms with Gasteiger partial charge >= 0.3 is 0 Å². The van der Waals surface area contributed by atoms with Gasteiger partial charge in [-0.15, -0.1) is 5.10 Å². The van der Waals surface area contributed by atoms with E-state index in [2.05, 4.69) is 30.8 Å². The topological polar surface area (TPSA) is 80.9 Å². The third-order valence-corrected chi connectivity index (χ3v) is 3.64. The number of nitrogens with one attached hydrogen (secondary N) is 1. The molecular formula is C10H7BrN4OS2. The van der Waals surface area contributed by atoms with Gasteiger partial charge in [0, 0.05) is 10.0 Å². The van der Waals surface area contributed by atoms with Crippen LogP contribution >= 0.6 is 39.7 Å². The summed E-state index contributed by atoms with van der Waals surface area (Å²) in [6.45, 7) is 0. The fourth-order valence-corrected chi connectivity index (χ4v) is 2.24. The smallest absolute Gasteiger partial charge is 0.269 e. The Morgan fingerprint density at radius 3 is 2.83 bits per heavy atom. The van der Waals surface area contributed by atoms with Gasteiger partial charge < -0.3 is 11.1 Å². The predicted molar refractivity (Wildman–Crippen MR) is 77.9 cm³/mol. The first-order chi connectivity index (χ1) is 8.58. The van der Waals surface area contributed by atoms with Crippen LogP contribution in [0.3, 0.4) is 0 Å². The van der Waals surface area contributed by atoms with Crippen molar-refractivity contribution < 1.29 is 4.79 Å². The van der Waals surface area contributed by atoms with Crippen LogP contribution in [0.1, 0.15) is 15.2 Å². The Labute approximate surface area is 121 Å². The van der Waals surface area contributed by atoms with Gasteiger partial charge in [-0.25, -0.2) is 0 Å². The molecule has 18 heavy (non-hydrogen) atoms. The van der Waals surface area contributed by atoms with Crippen molar-refractivity contribution in [3.05, 3.63) is 39.3 Å². The first-order valence-electron chi connectivity index (χ1n) is 4.76. The molecule has 1 aromatic heterocycles. The summed E-state index contributed by atoms with van der Waals surface area (Å²) in [4.78, 5) is 12.5. The minimum absolute atomic E-state index is 0.256. The van der Waals surface area contributed by atoms with Gasteiger partial charge in [0.25, 0.3) is 5.91 Å². The number of anilines is 1. The highest BCUT2D eigenvalue weighted by atomic mass is 79.9. The van der Waals surface area contributed by atoms with E-state index in [1.54, 1.807) is 18.2 Å². The van der Waals surface area contributed by atoms with Crippen LogP contribution in [-0.2, 0) is 0 Å². The number of amides is 1. The molecule has 0 aliphatic carbocycles. The fourth-order valence-electron chi connectivity index (χ4n) is 1.22. The Balaban J connectivity index is 2.20. The molecule has 0 atom stereocenters. The molecule has 1 amide bonds. The molecule has 0 bridgehead atoms. The number of halogens is 1. The van der Waals surface area contributed by atoms with E-state index in [4.69, 9.17) is 18.0 Å². The first kappa shape index (κ1) is 13.1. The molecule has 1 heterocycles. The van der Waals surface area contributed by atoms with Crippen LogP contribution in [-0.4, -0.2) is 20.5 Å². The molecule has 1 aromatic carbocycles. The molecule has 5 nitrogen and oxygen atoms in total. The van der Waals surface area contributed by atoms with Crippen molar-refractivity contribution in [3.63, 3.8) is 0 Å². The van der Waals surface area contributed by atoms with Crippen molar-refractivity contribution in [2.75, 3.05) is 5.32 Å². The van der Waals surface area contributed by atoms with Crippen LogP contribution in [0, 0.1) is 0 Å². The summed E-state index contributed by atoms with van der Waals surface area (Å²) in [7, 11) is 0. The van der Waals surface area contributed by atoms with Gasteiger partial charge in [0.2, 0.25) is 0 Å². The lowest BCUT2D eigenvalue weighted by Crippen LogP contribution is -2.12. The second-order valence-corrected chi connectivity index (χ2v) is 5.37. The summed E-state index contributed by atoms with van der Waals surface area (Å²) < 4.78 is 4.34. The highest BCUT2D eigenvalue weighted by Gasteiger charge is 2.11. The maximum Gasteiger partial charge on any atom is 0.269 e. The van der Waals surface area contributed by atoms with Gasteiger partial charge in [-0.05, 0) is 45.7 Å². The molecule has 3 N–H and O–H groups in total. The van der Waals surface area contributed by atoms with Crippen LogP contribution < -0.4 is 11.1 Å². The normalized spacial score (nSPS) is 10.1. The van der Waals surface area contributed by atoms with Crippen molar-refractivity contribution in [3.8, 4) is 0 Å². The number of aromatic nitrogens is 2. The second-order valence-electron chi connectivity index (χ2n) is 3.29. The Morgan fingerprint density at radius 2 is 2.28 bits per heavy atom. The van der Waals surface area contributed by atoms with E-state index in [0.717, 1.165) is 17.1 Å². The number of carbonyl (C=O) groups is 1. The van der Waals surface area contributed by atoms with Crippen LogP contribution in [0.4, 0.5) is 5.69 Å². The number of thiocarbonyl (C=S) groups is 1. The van der Waals surface area contributed by atoms with Crippen LogP contribution in [0.5, 0.6) is 0 Å².